The van der Waals surface area contributed by atoms with Gasteiger partial charge in [0, 0.05) is 19.2 Å². The number of carbonyl (C=O) groups is 1. The molecule has 0 aliphatic carbocycles. The van der Waals surface area contributed by atoms with E-state index in [2.05, 4.69) is 0 Å². The van der Waals surface area contributed by atoms with Gasteiger partial charge in [0.25, 0.3) is 5.69 Å². The van der Waals surface area contributed by atoms with Crippen molar-refractivity contribution in [3.8, 4) is 0 Å². The van der Waals surface area contributed by atoms with Crippen LogP contribution in [0, 0.1) is 10.1 Å². The largest absolute Gasteiger partial charge is 0.478 e. The van der Waals surface area contributed by atoms with Gasteiger partial charge in [-0.25, -0.2) is 4.79 Å². The van der Waals surface area contributed by atoms with Crippen LogP contribution in [-0.2, 0) is 0 Å². The predicted molar refractivity (Wildman–Crippen MR) is 64.3 cm³/mol. The normalized spacial score (nSPS) is 22.5. The van der Waals surface area contributed by atoms with Gasteiger partial charge in [-0.1, -0.05) is 0 Å². The zero-order valence-corrected chi connectivity index (χ0v) is 9.76. The van der Waals surface area contributed by atoms with Crippen molar-refractivity contribution in [2.75, 3.05) is 18.0 Å². The number of benzene rings is 1. The molecular formula is C11H12N2O6. The summed E-state index contributed by atoms with van der Waals surface area (Å²) < 4.78 is 0. The Morgan fingerprint density at radius 2 is 1.89 bits per heavy atom. The number of anilines is 1. The lowest BCUT2D eigenvalue weighted by molar-refractivity contribution is -0.384. The van der Waals surface area contributed by atoms with Gasteiger partial charge < -0.3 is 20.2 Å². The van der Waals surface area contributed by atoms with Gasteiger partial charge >= 0.3 is 5.97 Å². The van der Waals surface area contributed by atoms with Gasteiger partial charge in [-0.2, -0.15) is 0 Å². The SMILES string of the molecule is O=C(O)c1ccc([N+](=O)[O-])c(N2CC(O)C(O)C2)c1. The molecular weight excluding hydrogens is 256 g/mol. The van der Waals surface area contributed by atoms with E-state index in [1.807, 2.05) is 0 Å². The molecule has 1 aromatic rings. The zero-order valence-electron chi connectivity index (χ0n) is 9.76. The molecule has 8 heteroatoms. The van der Waals surface area contributed by atoms with Crippen LogP contribution in [0.1, 0.15) is 10.4 Å². The summed E-state index contributed by atoms with van der Waals surface area (Å²) in [6, 6.07) is 3.42. The van der Waals surface area contributed by atoms with Crippen molar-refractivity contribution >= 4 is 17.3 Å². The van der Waals surface area contributed by atoms with Crippen LogP contribution in [0.15, 0.2) is 18.2 Å². The number of β-amino-alcohol motifs (C(OH)–C–C–N with tert-alkyl or cyclic N) is 2. The van der Waals surface area contributed by atoms with Gasteiger partial charge in [0.2, 0.25) is 0 Å². The summed E-state index contributed by atoms with van der Waals surface area (Å²) in [5.41, 5.74) is -0.261. The van der Waals surface area contributed by atoms with Crippen LogP contribution in [0.4, 0.5) is 11.4 Å². The van der Waals surface area contributed by atoms with Crippen LogP contribution in [0.3, 0.4) is 0 Å². The van der Waals surface area contributed by atoms with Crippen LogP contribution in [0.5, 0.6) is 0 Å². The molecule has 0 bridgehead atoms. The van der Waals surface area contributed by atoms with Gasteiger partial charge in [-0.05, 0) is 12.1 Å². The molecule has 0 aromatic heterocycles. The average molecular weight is 268 g/mol. The van der Waals surface area contributed by atoms with E-state index in [0.717, 1.165) is 12.1 Å². The van der Waals surface area contributed by atoms with Crippen molar-refractivity contribution in [2.45, 2.75) is 12.2 Å². The number of hydrogen-bond donors (Lipinski definition) is 3. The van der Waals surface area contributed by atoms with Crippen molar-refractivity contribution < 1.29 is 25.0 Å². The second-order valence-electron chi connectivity index (χ2n) is 4.31. The lowest BCUT2D eigenvalue weighted by Crippen LogP contribution is -2.22. The molecule has 0 saturated carbocycles. The molecule has 0 radical (unpaired) electrons. The summed E-state index contributed by atoms with van der Waals surface area (Å²) in [5, 5.41) is 38.7. The summed E-state index contributed by atoms with van der Waals surface area (Å²) in [6.45, 7) is 0.0379. The highest BCUT2D eigenvalue weighted by Crippen LogP contribution is 2.31. The number of nitrogens with zero attached hydrogens (tertiary/aromatic N) is 2. The number of aromatic carboxylic acids is 1. The second kappa shape index (κ2) is 4.82. The molecule has 2 rings (SSSR count). The number of rotatable bonds is 3. The number of nitro groups is 1. The van der Waals surface area contributed by atoms with E-state index in [4.69, 9.17) is 5.11 Å². The summed E-state index contributed by atoms with van der Waals surface area (Å²) >= 11 is 0. The summed E-state index contributed by atoms with van der Waals surface area (Å²) in [6.07, 6.45) is -2.01. The van der Waals surface area contributed by atoms with E-state index in [1.54, 1.807) is 0 Å². The Balaban J connectivity index is 2.44. The fourth-order valence-electron chi connectivity index (χ4n) is 2.03. The molecule has 0 spiro atoms. The molecule has 3 N–H and O–H groups in total. The minimum absolute atomic E-state index is 0.0189. The van der Waals surface area contributed by atoms with E-state index in [1.165, 1.54) is 11.0 Å². The molecule has 0 amide bonds. The first-order valence-corrected chi connectivity index (χ1v) is 5.53. The molecule has 8 nitrogen and oxygen atoms in total. The third-order valence-electron chi connectivity index (χ3n) is 3.02. The maximum atomic E-state index is 10.9. The number of carboxylic acid groups (broad SMARTS) is 1. The van der Waals surface area contributed by atoms with Gasteiger partial charge in [-0.15, -0.1) is 0 Å². The molecule has 1 fully saturated rings. The quantitative estimate of drug-likeness (QED) is 0.513. The van der Waals surface area contributed by atoms with Crippen LogP contribution >= 0.6 is 0 Å². The predicted octanol–water partition coefficient (Wildman–Crippen LogP) is -0.165. The minimum Gasteiger partial charge on any atom is -0.478 e. The van der Waals surface area contributed by atoms with Crippen molar-refractivity contribution in [1.82, 2.24) is 0 Å². The highest BCUT2D eigenvalue weighted by molar-refractivity contribution is 5.90. The van der Waals surface area contributed by atoms with Crippen molar-refractivity contribution in [3.05, 3.63) is 33.9 Å². The fraction of sp³-hybridized carbons (Fsp3) is 0.364. The van der Waals surface area contributed by atoms with Crippen molar-refractivity contribution in [1.29, 1.82) is 0 Å². The fourth-order valence-corrected chi connectivity index (χ4v) is 2.03. The monoisotopic (exact) mass is 268 g/mol. The highest BCUT2D eigenvalue weighted by Gasteiger charge is 2.33. The summed E-state index contributed by atoms with van der Waals surface area (Å²) in [5.74, 6) is -1.20. The van der Waals surface area contributed by atoms with Crippen LogP contribution < -0.4 is 4.90 Å². The first kappa shape index (κ1) is 13.2. The summed E-state index contributed by atoms with van der Waals surface area (Å²) in [4.78, 5) is 22.6. The van der Waals surface area contributed by atoms with Crippen molar-refractivity contribution in [3.63, 3.8) is 0 Å². The number of aliphatic hydroxyl groups excluding tert-OH is 2. The van der Waals surface area contributed by atoms with E-state index >= 15 is 0 Å². The number of aliphatic hydroxyl groups is 2. The van der Waals surface area contributed by atoms with Gasteiger partial charge in [0.05, 0.1) is 22.7 Å². The molecule has 1 heterocycles. The number of carboxylic acids is 1. The lowest BCUT2D eigenvalue weighted by Gasteiger charge is -2.17. The Hall–Kier alpha value is -2.19. The van der Waals surface area contributed by atoms with E-state index in [0.29, 0.717) is 0 Å². The second-order valence-corrected chi connectivity index (χ2v) is 4.31. The van der Waals surface area contributed by atoms with Gasteiger partial charge in [0.1, 0.15) is 5.69 Å². The first-order chi connectivity index (χ1) is 8.90. The molecule has 2 unspecified atom stereocenters. The maximum absolute atomic E-state index is 10.9. The average Bonchev–Trinajstić information content (AvgIpc) is 2.68. The third kappa shape index (κ3) is 2.49. The third-order valence-corrected chi connectivity index (χ3v) is 3.02. The molecule has 1 saturated heterocycles. The topological polar surface area (TPSA) is 124 Å². The number of hydrogen-bond acceptors (Lipinski definition) is 6. The molecule has 102 valence electrons. The van der Waals surface area contributed by atoms with E-state index in [9.17, 15) is 25.1 Å². The van der Waals surface area contributed by atoms with Crippen LogP contribution in [0.2, 0.25) is 0 Å². The Morgan fingerprint density at radius 3 is 2.37 bits per heavy atom. The molecule has 2 atom stereocenters. The van der Waals surface area contributed by atoms with E-state index < -0.39 is 23.1 Å². The Labute approximate surface area is 107 Å². The number of nitro benzene ring substituents is 1. The molecule has 1 aliphatic rings. The lowest BCUT2D eigenvalue weighted by atomic mass is 10.1. The van der Waals surface area contributed by atoms with Gasteiger partial charge in [-0.3, -0.25) is 10.1 Å². The minimum atomic E-state index is -1.20. The van der Waals surface area contributed by atoms with Gasteiger partial charge in [0.15, 0.2) is 0 Å². The molecule has 1 aliphatic heterocycles. The summed E-state index contributed by atoms with van der Waals surface area (Å²) in [7, 11) is 0. The zero-order chi connectivity index (χ0) is 14.2. The molecule has 19 heavy (non-hydrogen) atoms. The Morgan fingerprint density at radius 1 is 1.32 bits per heavy atom. The Bertz CT molecular complexity index is 522. The smallest absolute Gasteiger partial charge is 0.335 e. The van der Waals surface area contributed by atoms with Crippen molar-refractivity contribution in [2.24, 2.45) is 0 Å². The first-order valence-electron chi connectivity index (χ1n) is 5.53. The highest BCUT2D eigenvalue weighted by atomic mass is 16.6. The molecule has 1 aromatic carbocycles. The standard InChI is InChI=1S/C11H12N2O6/c14-9-4-12(5-10(9)15)8-3-6(11(16)17)1-2-7(8)13(18)19/h1-3,9-10,14-15H,4-5H2,(H,16,17). The van der Waals surface area contributed by atoms with E-state index in [-0.39, 0.29) is 30.0 Å². The maximum Gasteiger partial charge on any atom is 0.335 e. The van der Waals surface area contributed by atoms with Crippen LogP contribution in [-0.4, -0.2) is 51.5 Å². The Kier molecular flexibility index (Phi) is 3.36. The van der Waals surface area contributed by atoms with Crippen LogP contribution in [0.25, 0.3) is 0 Å².